The fourth-order valence-electron chi connectivity index (χ4n) is 2.22. The highest BCUT2D eigenvalue weighted by molar-refractivity contribution is 7.99. The fraction of sp³-hybridized carbons (Fsp3) is 0.400. The molecule has 0 aromatic heterocycles. The Morgan fingerprint density at radius 1 is 1.30 bits per heavy atom. The highest BCUT2D eigenvalue weighted by Gasteiger charge is 2.37. The lowest BCUT2D eigenvalue weighted by atomic mass is 10.2. The number of rotatable bonds is 5. The van der Waals surface area contributed by atoms with E-state index in [2.05, 4.69) is 10.6 Å². The standard InChI is InChI=1S/C15H19N3O4S/c1-9-10(2)18(15(22)17-9)14(21)16-8-23-12-5-3-11(4-6-12)7-13(19)20/h3-6,9-10H,7-8H2,1-2H3,(H,16,21)(H,17,22)(H,19,20). The Labute approximate surface area is 138 Å². The van der Waals surface area contributed by atoms with Gasteiger partial charge >= 0.3 is 18.0 Å². The number of aliphatic carboxylic acids is 1. The molecule has 1 aliphatic heterocycles. The first-order chi connectivity index (χ1) is 10.9. The molecule has 0 saturated carbocycles. The molecule has 0 spiro atoms. The largest absolute Gasteiger partial charge is 0.481 e. The minimum absolute atomic E-state index is 0.0121. The fourth-order valence-corrected chi connectivity index (χ4v) is 2.91. The van der Waals surface area contributed by atoms with Crippen molar-refractivity contribution in [3.8, 4) is 0 Å². The average molecular weight is 337 g/mol. The van der Waals surface area contributed by atoms with E-state index in [1.807, 2.05) is 26.0 Å². The number of amides is 4. The zero-order valence-electron chi connectivity index (χ0n) is 12.9. The molecule has 3 N–H and O–H groups in total. The number of nitrogens with zero attached hydrogens (tertiary/aromatic N) is 1. The number of nitrogens with one attached hydrogen (secondary N) is 2. The zero-order valence-corrected chi connectivity index (χ0v) is 13.7. The molecule has 4 amide bonds. The molecule has 0 bridgehead atoms. The Morgan fingerprint density at radius 3 is 2.48 bits per heavy atom. The number of carboxylic acids is 1. The second kappa shape index (κ2) is 7.36. The molecule has 1 aromatic rings. The minimum Gasteiger partial charge on any atom is -0.481 e. The number of carbonyl (C=O) groups excluding carboxylic acids is 2. The van der Waals surface area contributed by atoms with E-state index in [0.717, 1.165) is 10.5 Å². The summed E-state index contributed by atoms with van der Waals surface area (Å²) in [7, 11) is 0. The lowest BCUT2D eigenvalue weighted by Crippen LogP contribution is -2.45. The molecule has 1 saturated heterocycles. The molecule has 1 aliphatic rings. The molecule has 0 radical (unpaired) electrons. The van der Waals surface area contributed by atoms with Gasteiger partial charge in [-0.1, -0.05) is 12.1 Å². The van der Waals surface area contributed by atoms with Gasteiger partial charge < -0.3 is 15.7 Å². The molecular formula is C15H19N3O4S. The van der Waals surface area contributed by atoms with Crippen LogP contribution < -0.4 is 10.6 Å². The molecule has 1 fully saturated rings. The molecule has 2 rings (SSSR count). The van der Waals surface area contributed by atoms with Crippen LogP contribution in [0.15, 0.2) is 29.2 Å². The first-order valence-corrected chi connectivity index (χ1v) is 8.18. The quantitative estimate of drug-likeness (QED) is 0.563. The molecule has 1 aromatic carbocycles. The highest BCUT2D eigenvalue weighted by atomic mass is 32.2. The number of carbonyl (C=O) groups is 3. The number of thioether (sulfide) groups is 1. The smallest absolute Gasteiger partial charge is 0.326 e. The lowest BCUT2D eigenvalue weighted by molar-refractivity contribution is -0.136. The van der Waals surface area contributed by atoms with E-state index in [1.54, 1.807) is 12.1 Å². The molecule has 8 heteroatoms. The predicted molar refractivity (Wildman–Crippen MR) is 86.3 cm³/mol. The monoisotopic (exact) mass is 337 g/mol. The van der Waals surface area contributed by atoms with Crippen molar-refractivity contribution in [3.05, 3.63) is 29.8 Å². The Bertz CT molecular complexity index is 605. The van der Waals surface area contributed by atoms with Gasteiger partial charge in [-0.25, -0.2) is 14.5 Å². The van der Waals surface area contributed by atoms with Crippen LogP contribution in [0.4, 0.5) is 9.59 Å². The molecule has 2 unspecified atom stereocenters. The number of hydrogen-bond acceptors (Lipinski definition) is 4. The summed E-state index contributed by atoms with van der Waals surface area (Å²) in [4.78, 5) is 36.5. The Hall–Kier alpha value is -2.22. The maximum atomic E-state index is 12.1. The normalized spacial score (nSPS) is 20.3. The van der Waals surface area contributed by atoms with Crippen LogP contribution in [-0.2, 0) is 11.2 Å². The van der Waals surface area contributed by atoms with Gasteiger partial charge in [0.1, 0.15) is 0 Å². The number of hydrogen-bond donors (Lipinski definition) is 3. The van der Waals surface area contributed by atoms with Crippen LogP contribution in [0.2, 0.25) is 0 Å². The molecule has 2 atom stereocenters. The van der Waals surface area contributed by atoms with Crippen molar-refractivity contribution in [2.24, 2.45) is 0 Å². The summed E-state index contributed by atoms with van der Waals surface area (Å²) in [5.74, 6) is -0.549. The van der Waals surface area contributed by atoms with Crippen LogP contribution in [-0.4, -0.2) is 46.0 Å². The molecule has 0 aliphatic carbocycles. The summed E-state index contributed by atoms with van der Waals surface area (Å²) in [5, 5.41) is 14.1. The van der Waals surface area contributed by atoms with Gasteiger partial charge in [0.15, 0.2) is 0 Å². The number of urea groups is 2. The molecule has 1 heterocycles. The van der Waals surface area contributed by atoms with Crippen LogP contribution in [0.25, 0.3) is 0 Å². The maximum Gasteiger partial charge on any atom is 0.326 e. The minimum atomic E-state index is -0.870. The van der Waals surface area contributed by atoms with Crippen molar-refractivity contribution in [2.45, 2.75) is 37.2 Å². The summed E-state index contributed by atoms with van der Waals surface area (Å²) >= 11 is 1.40. The van der Waals surface area contributed by atoms with Crippen LogP contribution in [0, 0.1) is 0 Å². The van der Waals surface area contributed by atoms with Crippen molar-refractivity contribution in [3.63, 3.8) is 0 Å². The number of benzene rings is 1. The van der Waals surface area contributed by atoms with Gasteiger partial charge in [0, 0.05) is 10.9 Å². The predicted octanol–water partition coefficient (Wildman–Crippen LogP) is 1.88. The second-order valence-electron chi connectivity index (χ2n) is 5.33. The van der Waals surface area contributed by atoms with E-state index in [4.69, 9.17) is 5.11 Å². The van der Waals surface area contributed by atoms with Crippen molar-refractivity contribution in [1.82, 2.24) is 15.5 Å². The Kier molecular flexibility index (Phi) is 5.49. The van der Waals surface area contributed by atoms with Gasteiger partial charge in [-0.3, -0.25) is 4.79 Å². The lowest BCUT2D eigenvalue weighted by Gasteiger charge is -2.19. The molecular weight excluding hydrogens is 318 g/mol. The number of carboxylic acid groups (broad SMARTS) is 1. The van der Waals surface area contributed by atoms with Crippen LogP contribution in [0.5, 0.6) is 0 Å². The van der Waals surface area contributed by atoms with Gasteiger partial charge in [0.25, 0.3) is 0 Å². The van der Waals surface area contributed by atoms with Gasteiger partial charge in [0.05, 0.1) is 18.3 Å². The third-order valence-electron chi connectivity index (χ3n) is 3.66. The highest BCUT2D eigenvalue weighted by Crippen LogP contribution is 2.18. The van der Waals surface area contributed by atoms with Crippen molar-refractivity contribution in [1.29, 1.82) is 0 Å². The van der Waals surface area contributed by atoms with E-state index in [1.165, 1.54) is 16.7 Å². The average Bonchev–Trinajstić information content (AvgIpc) is 2.73. The third kappa shape index (κ3) is 4.38. The van der Waals surface area contributed by atoms with Crippen LogP contribution in [0.1, 0.15) is 19.4 Å². The van der Waals surface area contributed by atoms with Crippen LogP contribution >= 0.6 is 11.8 Å². The second-order valence-corrected chi connectivity index (χ2v) is 6.38. The molecule has 7 nitrogen and oxygen atoms in total. The Morgan fingerprint density at radius 2 is 1.96 bits per heavy atom. The molecule has 23 heavy (non-hydrogen) atoms. The van der Waals surface area contributed by atoms with Gasteiger partial charge in [0.2, 0.25) is 0 Å². The van der Waals surface area contributed by atoms with Gasteiger partial charge in [-0.2, -0.15) is 0 Å². The van der Waals surface area contributed by atoms with Crippen molar-refractivity contribution >= 4 is 29.8 Å². The van der Waals surface area contributed by atoms with E-state index in [-0.39, 0.29) is 24.5 Å². The van der Waals surface area contributed by atoms with Crippen molar-refractivity contribution < 1.29 is 19.5 Å². The van der Waals surface area contributed by atoms with E-state index >= 15 is 0 Å². The number of imide groups is 1. The molecule has 124 valence electrons. The van der Waals surface area contributed by atoms with E-state index < -0.39 is 12.0 Å². The summed E-state index contributed by atoms with van der Waals surface area (Å²) < 4.78 is 0. The van der Waals surface area contributed by atoms with Crippen molar-refractivity contribution in [2.75, 3.05) is 5.88 Å². The summed E-state index contributed by atoms with van der Waals surface area (Å²) in [6, 6.07) is 6.04. The SMILES string of the molecule is CC1NC(=O)N(C(=O)NCSc2ccc(CC(=O)O)cc2)C1C. The zero-order chi connectivity index (χ0) is 17.0. The van der Waals surface area contributed by atoms with Gasteiger partial charge in [-0.05, 0) is 31.5 Å². The summed E-state index contributed by atoms with van der Waals surface area (Å²) in [5.41, 5.74) is 0.724. The Balaban J connectivity index is 1.81. The van der Waals surface area contributed by atoms with Crippen LogP contribution in [0.3, 0.4) is 0 Å². The maximum absolute atomic E-state index is 12.1. The van der Waals surface area contributed by atoms with E-state index in [0.29, 0.717) is 5.88 Å². The summed E-state index contributed by atoms with van der Waals surface area (Å²) in [6.07, 6.45) is -0.0121. The summed E-state index contributed by atoms with van der Waals surface area (Å²) in [6.45, 7) is 3.67. The first kappa shape index (κ1) is 17.1. The van der Waals surface area contributed by atoms with Gasteiger partial charge in [-0.15, -0.1) is 11.8 Å². The third-order valence-corrected chi connectivity index (χ3v) is 4.55. The first-order valence-electron chi connectivity index (χ1n) is 7.19. The van der Waals surface area contributed by atoms with E-state index in [9.17, 15) is 14.4 Å². The topological polar surface area (TPSA) is 98.7 Å².